The molecule has 5 nitrogen and oxygen atoms in total. The van der Waals surface area contributed by atoms with Crippen LogP contribution in [0.1, 0.15) is 11.4 Å². The number of hydrogen-bond donors (Lipinski definition) is 1. The topological polar surface area (TPSA) is 49.6 Å². The van der Waals surface area contributed by atoms with E-state index in [1.807, 2.05) is 24.4 Å². The number of nitrogens with one attached hydrogen (secondary N) is 1. The molecule has 1 aliphatic heterocycles. The smallest absolute Gasteiger partial charge is 0.259 e. The molecule has 4 rings (SSSR count). The highest BCUT2D eigenvalue weighted by atomic mass is 35.5. The molecule has 7 heteroatoms. The van der Waals surface area contributed by atoms with Crippen LogP contribution in [0.4, 0.5) is 11.4 Å². The number of halogens is 1. The van der Waals surface area contributed by atoms with Crippen molar-refractivity contribution in [1.29, 1.82) is 0 Å². The van der Waals surface area contributed by atoms with Crippen molar-refractivity contribution >= 4 is 40.1 Å². The van der Waals surface area contributed by atoms with Crippen LogP contribution in [-0.2, 0) is 6.54 Å². The van der Waals surface area contributed by atoms with E-state index in [1.54, 1.807) is 10.5 Å². The second kappa shape index (κ2) is 6.22. The molecule has 0 bridgehead atoms. The number of para-hydroxylation sites is 2. The van der Waals surface area contributed by atoms with Gasteiger partial charge in [-0.1, -0.05) is 12.1 Å². The lowest BCUT2D eigenvalue weighted by molar-refractivity contribution is 0.768. The summed E-state index contributed by atoms with van der Waals surface area (Å²) in [6, 6.07) is 9.89. The number of thiazole rings is 1. The highest BCUT2D eigenvalue weighted by molar-refractivity contribution is 7.15. The molecule has 1 N–H and O–H groups in total. The average molecular weight is 349 g/mol. The Bertz CT molecular complexity index is 904. The quantitative estimate of drug-likeness (QED) is 0.773. The number of aromatic nitrogens is 2. The molecule has 0 atom stereocenters. The fourth-order valence-corrected chi connectivity index (χ4v) is 3.78. The standard InChI is InChI=1S/C16H16N4OS.ClH/c1-11-10-22-16-18-12(8-15(21)20(11)16)9-19-7-6-17-13-4-2-3-5-14(13)19;/h2-5,8,10,17H,6-7,9H2,1H3;1H. The van der Waals surface area contributed by atoms with Gasteiger partial charge in [-0.05, 0) is 19.1 Å². The number of hydrogen-bond acceptors (Lipinski definition) is 5. The van der Waals surface area contributed by atoms with E-state index < -0.39 is 0 Å². The van der Waals surface area contributed by atoms with Gasteiger partial charge < -0.3 is 10.2 Å². The summed E-state index contributed by atoms with van der Waals surface area (Å²) in [5.41, 5.74) is 4.07. The van der Waals surface area contributed by atoms with Crippen molar-refractivity contribution in [2.45, 2.75) is 13.5 Å². The largest absolute Gasteiger partial charge is 0.382 e. The molecule has 0 aliphatic carbocycles. The summed E-state index contributed by atoms with van der Waals surface area (Å²) >= 11 is 1.51. The minimum Gasteiger partial charge on any atom is -0.382 e. The van der Waals surface area contributed by atoms with E-state index in [4.69, 9.17) is 0 Å². The lowest BCUT2D eigenvalue weighted by Gasteiger charge is -2.31. The van der Waals surface area contributed by atoms with E-state index in [2.05, 4.69) is 27.3 Å². The highest BCUT2D eigenvalue weighted by Crippen LogP contribution is 2.29. The Hall–Kier alpha value is -2.05. The normalized spacial score (nSPS) is 13.3. The van der Waals surface area contributed by atoms with Crippen molar-refractivity contribution in [3.05, 3.63) is 57.5 Å². The maximum Gasteiger partial charge on any atom is 0.259 e. The summed E-state index contributed by atoms with van der Waals surface area (Å²) < 4.78 is 1.67. The lowest BCUT2D eigenvalue weighted by Crippen LogP contribution is -2.34. The van der Waals surface area contributed by atoms with Gasteiger partial charge in [0.25, 0.3) is 5.56 Å². The summed E-state index contributed by atoms with van der Waals surface area (Å²) in [7, 11) is 0. The molecular formula is C16H17ClN4OS. The third-order valence-corrected chi connectivity index (χ3v) is 4.87. The molecular weight excluding hydrogens is 332 g/mol. The fraction of sp³-hybridized carbons (Fsp3) is 0.250. The van der Waals surface area contributed by atoms with E-state index in [0.717, 1.165) is 40.8 Å². The van der Waals surface area contributed by atoms with Gasteiger partial charge in [0.2, 0.25) is 0 Å². The van der Waals surface area contributed by atoms with Gasteiger partial charge in [0.1, 0.15) is 0 Å². The van der Waals surface area contributed by atoms with E-state index in [1.165, 1.54) is 11.3 Å². The molecule has 1 aromatic carbocycles. The van der Waals surface area contributed by atoms with Crippen LogP contribution in [0, 0.1) is 6.92 Å². The van der Waals surface area contributed by atoms with Gasteiger partial charge in [-0.25, -0.2) is 4.98 Å². The maximum atomic E-state index is 12.3. The van der Waals surface area contributed by atoms with Crippen LogP contribution in [-0.4, -0.2) is 22.5 Å². The zero-order valence-corrected chi connectivity index (χ0v) is 14.3. The molecule has 23 heavy (non-hydrogen) atoms. The third-order valence-electron chi connectivity index (χ3n) is 3.92. The predicted octanol–water partition coefficient (Wildman–Crippen LogP) is 2.92. The Morgan fingerprint density at radius 2 is 2.17 bits per heavy atom. The van der Waals surface area contributed by atoms with Gasteiger partial charge in [-0.15, -0.1) is 23.7 Å². The molecule has 0 spiro atoms. The highest BCUT2D eigenvalue weighted by Gasteiger charge is 2.17. The second-order valence-electron chi connectivity index (χ2n) is 5.45. The zero-order chi connectivity index (χ0) is 15.1. The Balaban J connectivity index is 0.00000156. The number of nitrogens with zero attached hydrogens (tertiary/aromatic N) is 3. The molecule has 0 saturated heterocycles. The molecule has 3 aromatic rings. The number of aryl methyl sites for hydroxylation is 1. The van der Waals surface area contributed by atoms with E-state index in [-0.39, 0.29) is 18.0 Å². The van der Waals surface area contributed by atoms with Crippen LogP contribution >= 0.6 is 23.7 Å². The van der Waals surface area contributed by atoms with Crippen molar-refractivity contribution in [2.75, 3.05) is 23.3 Å². The van der Waals surface area contributed by atoms with Gasteiger partial charge in [0.15, 0.2) is 4.96 Å². The van der Waals surface area contributed by atoms with E-state index in [9.17, 15) is 4.79 Å². The fourth-order valence-electron chi connectivity index (χ4n) is 2.89. The summed E-state index contributed by atoms with van der Waals surface area (Å²) in [4.78, 5) is 19.9. The number of benzene rings is 1. The van der Waals surface area contributed by atoms with Crippen molar-refractivity contribution in [3.8, 4) is 0 Å². The van der Waals surface area contributed by atoms with E-state index >= 15 is 0 Å². The van der Waals surface area contributed by atoms with Crippen molar-refractivity contribution in [2.24, 2.45) is 0 Å². The van der Waals surface area contributed by atoms with Crippen LogP contribution in [0.5, 0.6) is 0 Å². The number of rotatable bonds is 2. The maximum absolute atomic E-state index is 12.3. The Morgan fingerprint density at radius 1 is 1.35 bits per heavy atom. The monoisotopic (exact) mass is 348 g/mol. The minimum absolute atomic E-state index is 0. The molecule has 0 radical (unpaired) electrons. The van der Waals surface area contributed by atoms with Gasteiger partial charge >= 0.3 is 0 Å². The first kappa shape index (κ1) is 15.8. The average Bonchev–Trinajstić information content (AvgIpc) is 2.89. The van der Waals surface area contributed by atoms with Gasteiger partial charge in [0.05, 0.1) is 23.6 Å². The van der Waals surface area contributed by atoms with Crippen LogP contribution in [0.2, 0.25) is 0 Å². The van der Waals surface area contributed by atoms with Crippen LogP contribution in [0.25, 0.3) is 4.96 Å². The zero-order valence-electron chi connectivity index (χ0n) is 12.7. The number of fused-ring (bicyclic) bond motifs is 2. The molecule has 1 aliphatic rings. The van der Waals surface area contributed by atoms with Crippen LogP contribution in [0.3, 0.4) is 0 Å². The molecule has 0 unspecified atom stereocenters. The first-order valence-corrected chi connectivity index (χ1v) is 8.15. The number of anilines is 2. The van der Waals surface area contributed by atoms with Gasteiger partial charge in [0, 0.05) is 30.2 Å². The lowest BCUT2D eigenvalue weighted by atomic mass is 10.2. The molecule has 0 saturated carbocycles. The van der Waals surface area contributed by atoms with E-state index in [0.29, 0.717) is 6.54 Å². The summed E-state index contributed by atoms with van der Waals surface area (Å²) in [5.74, 6) is 0. The van der Waals surface area contributed by atoms with Gasteiger partial charge in [-0.2, -0.15) is 0 Å². The molecule has 3 heterocycles. The summed E-state index contributed by atoms with van der Waals surface area (Å²) in [6.07, 6.45) is 0. The Labute approximate surface area is 144 Å². The predicted molar refractivity (Wildman–Crippen MR) is 97.3 cm³/mol. The third kappa shape index (κ3) is 2.80. The molecule has 0 amide bonds. The van der Waals surface area contributed by atoms with Gasteiger partial charge in [-0.3, -0.25) is 9.20 Å². The molecule has 120 valence electrons. The summed E-state index contributed by atoms with van der Waals surface area (Å²) in [5, 5.41) is 5.36. The second-order valence-corrected chi connectivity index (χ2v) is 6.28. The van der Waals surface area contributed by atoms with Crippen LogP contribution < -0.4 is 15.8 Å². The Kier molecular flexibility index (Phi) is 4.28. The summed E-state index contributed by atoms with van der Waals surface area (Å²) in [6.45, 7) is 4.39. The molecule has 2 aromatic heterocycles. The first-order valence-electron chi connectivity index (χ1n) is 7.27. The molecule has 0 fully saturated rings. The minimum atomic E-state index is 0. The van der Waals surface area contributed by atoms with Crippen molar-refractivity contribution < 1.29 is 0 Å². The SMILES string of the molecule is Cc1csc2nc(CN3CCNc4ccccc43)cc(=O)n12.Cl. The Morgan fingerprint density at radius 3 is 3.04 bits per heavy atom. The van der Waals surface area contributed by atoms with Crippen LogP contribution in [0.15, 0.2) is 40.5 Å². The first-order chi connectivity index (χ1) is 10.7. The van der Waals surface area contributed by atoms with Crippen molar-refractivity contribution in [3.63, 3.8) is 0 Å². The van der Waals surface area contributed by atoms with Crippen molar-refractivity contribution in [1.82, 2.24) is 9.38 Å².